The second kappa shape index (κ2) is 8.73. The number of aryl methyl sites for hydroxylation is 1. The molecule has 3 rings (SSSR count). The van der Waals surface area contributed by atoms with E-state index in [4.69, 9.17) is 9.26 Å². The average molecular weight is 383 g/mol. The van der Waals surface area contributed by atoms with Gasteiger partial charge in [-0.25, -0.2) is 4.98 Å². The van der Waals surface area contributed by atoms with Crippen molar-refractivity contribution >= 4 is 23.4 Å². The Morgan fingerprint density at radius 2 is 2.04 bits per heavy atom. The second-order valence-electron chi connectivity index (χ2n) is 6.22. The topological polar surface area (TPSA) is 77.2 Å². The zero-order valence-corrected chi connectivity index (χ0v) is 16.2. The molecule has 1 aromatic carbocycles. The fourth-order valence-corrected chi connectivity index (χ4v) is 3.27. The average Bonchev–Trinajstić information content (AvgIpc) is 3.07. The van der Waals surface area contributed by atoms with E-state index in [2.05, 4.69) is 15.5 Å². The Hall–Kier alpha value is -2.80. The standard InChI is InChI=1S/C20H21N3O3S/c1-13(2)25-17-8-6-15(7-9-17)22-19(24)18-5-4-10-21-20(18)27-12-16-11-14(3)26-23-16/h4-11,13H,12H2,1-3H3,(H,22,24). The number of aromatic nitrogens is 2. The van der Waals surface area contributed by atoms with Crippen LogP contribution in [0.2, 0.25) is 0 Å². The van der Waals surface area contributed by atoms with Crippen LogP contribution < -0.4 is 10.1 Å². The number of rotatable bonds is 7. The van der Waals surface area contributed by atoms with Crippen LogP contribution in [0.15, 0.2) is 58.2 Å². The van der Waals surface area contributed by atoms with Crippen molar-refractivity contribution in [3.8, 4) is 5.75 Å². The molecule has 0 bridgehead atoms. The Bertz CT molecular complexity index is 907. The number of nitrogens with one attached hydrogen (secondary N) is 1. The molecule has 0 saturated carbocycles. The van der Waals surface area contributed by atoms with E-state index in [0.29, 0.717) is 22.0 Å². The first-order chi connectivity index (χ1) is 13.0. The Morgan fingerprint density at radius 1 is 1.26 bits per heavy atom. The molecule has 0 atom stereocenters. The number of hydrogen-bond acceptors (Lipinski definition) is 6. The third-order valence-electron chi connectivity index (χ3n) is 3.53. The molecule has 6 nitrogen and oxygen atoms in total. The molecule has 0 aliphatic rings. The van der Waals surface area contributed by atoms with Gasteiger partial charge in [0.05, 0.1) is 17.4 Å². The number of benzene rings is 1. The summed E-state index contributed by atoms with van der Waals surface area (Å²) in [5.41, 5.74) is 2.03. The first-order valence-electron chi connectivity index (χ1n) is 8.59. The van der Waals surface area contributed by atoms with Gasteiger partial charge in [0.2, 0.25) is 0 Å². The Balaban J connectivity index is 1.67. The van der Waals surface area contributed by atoms with Gasteiger partial charge in [-0.05, 0) is 57.2 Å². The first-order valence-corrected chi connectivity index (χ1v) is 9.58. The molecular formula is C20H21N3O3S. The molecule has 0 spiro atoms. The van der Waals surface area contributed by atoms with Crippen LogP contribution in [0.1, 0.15) is 35.7 Å². The SMILES string of the molecule is Cc1cc(CSc2ncccc2C(=O)Nc2ccc(OC(C)C)cc2)no1. The monoisotopic (exact) mass is 383 g/mol. The summed E-state index contributed by atoms with van der Waals surface area (Å²) in [5, 5.41) is 7.51. The van der Waals surface area contributed by atoms with Gasteiger partial charge in [-0.3, -0.25) is 4.79 Å². The van der Waals surface area contributed by atoms with E-state index in [1.54, 1.807) is 18.3 Å². The largest absolute Gasteiger partial charge is 0.491 e. The normalized spacial score (nSPS) is 10.8. The van der Waals surface area contributed by atoms with E-state index in [0.717, 1.165) is 17.2 Å². The molecule has 27 heavy (non-hydrogen) atoms. The van der Waals surface area contributed by atoms with Gasteiger partial charge in [0.1, 0.15) is 16.5 Å². The number of thioether (sulfide) groups is 1. The molecule has 0 fully saturated rings. The molecule has 0 unspecified atom stereocenters. The molecule has 140 valence electrons. The number of anilines is 1. The van der Waals surface area contributed by atoms with E-state index in [1.165, 1.54) is 11.8 Å². The van der Waals surface area contributed by atoms with Crippen LogP contribution in [-0.2, 0) is 5.75 Å². The summed E-state index contributed by atoms with van der Waals surface area (Å²) < 4.78 is 10.7. The Labute approximate surface area is 162 Å². The summed E-state index contributed by atoms with van der Waals surface area (Å²) in [6.45, 7) is 5.79. The van der Waals surface area contributed by atoms with E-state index in [-0.39, 0.29) is 12.0 Å². The highest BCUT2D eigenvalue weighted by Gasteiger charge is 2.14. The van der Waals surface area contributed by atoms with E-state index >= 15 is 0 Å². The van der Waals surface area contributed by atoms with Gasteiger partial charge >= 0.3 is 0 Å². The fourth-order valence-electron chi connectivity index (χ4n) is 2.39. The van der Waals surface area contributed by atoms with Crippen LogP contribution >= 0.6 is 11.8 Å². The van der Waals surface area contributed by atoms with E-state index < -0.39 is 0 Å². The van der Waals surface area contributed by atoms with Crippen LogP contribution in [0.3, 0.4) is 0 Å². The number of carbonyl (C=O) groups is 1. The van der Waals surface area contributed by atoms with Crippen molar-refractivity contribution in [2.75, 3.05) is 5.32 Å². The number of pyridine rings is 1. The molecule has 7 heteroatoms. The van der Waals surface area contributed by atoms with Gasteiger partial charge in [-0.15, -0.1) is 0 Å². The second-order valence-corrected chi connectivity index (χ2v) is 7.18. The summed E-state index contributed by atoms with van der Waals surface area (Å²) in [5.74, 6) is 1.90. The molecule has 0 aliphatic heterocycles. The summed E-state index contributed by atoms with van der Waals surface area (Å²) in [6, 6.07) is 12.7. The lowest BCUT2D eigenvalue weighted by atomic mass is 10.2. The van der Waals surface area contributed by atoms with Crippen molar-refractivity contribution < 1.29 is 14.1 Å². The number of amides is 1. The lowest BCUT2D eigenvalue weighted by molar-refractivity contribution is 0.102. The molecule has 0 saturated heterocycles. The van der Waals surface area contributed by atoms with Crippen LogP contribution in [0.4, 0.5) is 5.69 Å². The van der Waals surface area contributed by atoms with Crippen LogP contribution in [0.25, 0.3) is 0 Å². The number of carbonyl (C=O) groups excluding carboxylic acids is 1. The van der Waals surface area contributed by atoms with Gasteiger partial charge in [0, 0.05) is 23.7 Å². The first kappa shape index (κ1) is 19.0. The third kappa shape index (κ3) is 5.34. The van der Waals surface area contributed by atoms with Gasteiger partial charge in [-0.1, -0.05) is 16.9 Å². The molecule has 1 N–H and O–H groups in total. The minimum absolute atomic E-state index is 0.105. The highest BCUT2D eigenvalue weighted by Crippen LogP contribution is 2.25. The van der Waals surface area contributed by atoms with Crippen molar-refractivity contribution in [3.05, 3.63) is 65.7 Å². The molecule has 2 aromatic heterocycles. The van der Waals surface area contributed by atoms with Crippen molar-refractivity contribution in [2.45, 2.75) is 37.7 Å². The summed E-state index contributed by atoms with van der Waals surface area (Å²) in [6.07, 6.45) is 1.78. The molecule has 0 radical (unpaired) electrons. The number of hydrogen-bond donors (Lipinski definition) is 1. The number of ether oxygens (including phenoxy) is 1. The van der Waals surface area contributed by atoms with Crippen LogP contribution in [-0.4, -0.2) is 22.2 Å². The lowest BCUT2D eigenvalue weighted by Crippen LogP contribution is -2.13. The van der Waals surface area contributed by atoms with Crippen LogP contribution in [0, 0.1) is 6.92 Å². The Kier molecular flexibility index (Phi) is 6.13. The zero-order chi connectivity index (χ0) is 19.2. The smallest absolute Gasteiger partial charge is 0.258 e. The van der Waals surface area contributed by atoms with Gasteiger partial charge < -0.3 is 14.6 Å². The highest BCUT2D eigenvalue weighted by atomic mass is 32.2. The molecule has 0 aliphatic carbocycles. The predicted molar refractivity (Wildman–Crippen MR) is 105 cm³/mol. The van der Waals surface area contributed by atoms with Crippen molar-refractivity contribution in [2.24, 2.45) is 0 Å². The molecule has 1 amide bonds. The predicted octanol–water partition coefficient (Wildman–Crippen LogP) is 4.71. The fraction of sp³-hybridized carbons (Fsp3) is 0.250. The summed E-state index contributed by atoms with van der Waals surface area (Å²) in [4.78, 5) is 17.0. The third-order valence-corrected chi connectivity index (χ3v) is 4.57. The maximum Gasteiger partial charge on any atom is 0.258 e. The minimum Gasteiger partial charge on any atom is -0.491 e. The van der Waals surface area contributed by atoms with E-state index in [9.17, 15) is 4.79 Å². The maximum absolute atomic E-state index is 12.7. The quantitative estimate of drug-likeness (QED) is 0.596. The van der Waals surface area contributed by atoms with Crippen molar-refractivity contribution in [1.29, 1.82) is 0 Å². The minimum atomic E-state index is -0.209. The lowest BCUT2D eigenvalue weighted by Gasteiger charge is -2.11. The number of nitrogens with zero attached hydrogens (tertiary/aromatic N) is 2. The van der Waals surface area contributed by atoms with Crippen molar-refractivity contribution in [3.63, 3.8) is 0 Å². The Morgan fingerprint density at radius 3 is 2.70 bits per heavy atom. The zero-order valence-electron chi connectivity index (χ0n) is 15.4. The maximum atomic E-state index is 12.7. The summed E-state index contributed by atoms with van der Waals surface area (Å²) >= 11 is 1.45. The molecule has 2 heterocycles. The van der Waals surface area contributed by atoms with Gasteiger partial charge in [0.25, 0.3) is 5.91 Å². The van der Waals surface area contributed by atoms with Crippen LogP contribution in [0.5, 0.6) is 5.75 Å². The van der Waals surface area contributed by atoms with Crippen molar-refractivity contribution in [1.82, 2.24) is 10.1 Å². The van der Waals surface area contributed by atoms with E-state index in [1.807, 2.05) is 51.1 Å². The van der Waals surface area contributed by atoms with Gasteiger partial charge in [-0.2, -0.15) is 0 Å². The summed E-state index contributed by atoms with van der Waals surface area (Å²) in [7, 11) is 0. The molecular weight excluding hydrogens is 362 g/mol. The highest BCUT2D eigenvalue weighted by molar-refractivity contribution is 7.98. The molecule has 3 aromatic rings. The van der Waals surface area contributed by atoms with Gasteiger partial charge in [0.15, 0.2) is 0 Å².